The van der Waals surface area contributed by atoms with Crippen LogP contribution in [0.5, 0.6) is 11.5 Å². The van der Waals surface area contributed by atoms with Gasteiger partial charge in [0.1, 0.15) is 17.3 Å². The van der Waals surface area contributed by atoms with E-state index in [1.807, 2.05) is 0 Å². The molecule has 1 aromatic heterocycles. The fourth-order valence-electron chi connectivity index (χ4n) is 11.5. The van der Waals surface area contributed by atoms with Gasteiger partial charge in [-0.2, -0.15) is 0 Å². The summed E-state index contributed by atoms with van der Waals surface area (Å²) in [5, 5.41) is 2.37. The maximum absolute atomic E-state index is 6.76. The Morgan fingerprint density at radius 2 is 1.21 bits per heavy atom. The van der Waals surface area contributed by atoms with Gasteiger partial charge in [-0.25, -0.2) is 15.0 Å². The first-order valence-corrected chi connectivity index (χ1v) is 19.0. The van der Waals surface area contributed by atoms with Crippen LogP contribution in [0.1, 0.15) is 66.6 Å². The number of rotatable bonds is 3. The Hall–Kier alpha value is -5.61. The van der Waals surface area contributed by atoms with E-state index >= 15 is 0 Å². The number of nitrogens with zero attached hydrogens (tertiary/aromatic N) is 3. The summed E-state index contributed by atoms with van der Waals surface area (Å²) in [6.07, 6.45) is 7.65. The number of ether oxygens (including phenoxy) is 1. The molecule has 0 radical (unpaired) electrons. The summed E-state index contributed by atoms with van der Waals surface area (Å²) >= 11 is 0. The molecule has 4 nitrogen and oxygen atoms in total. The molecule has 3 unspecified atom stereocenters. The smallest absolute Gasteiger partial charge is 0.164 e. The lowest BCUT2D eigenvalue weighted by atomic mass is 9.61. The van der Waals surface area contributed by atoms with Crippen LogP contribution in [-0.2, 0) is 10.8 Å². The molecule has 4 atom stereocenters. The van der Waals surface area contributed by atoms with Crippen molar-refractivity contribution >= 4 is 10.8 Å². The Morgan fingerprint density at radius 3 is 2.08 bits per heavy atom. The number of para-hydroxylation sites is 1. The van der Waals surface area contributed by atoms with Crippen LogP contribution in [0.3, 0.4) is 0 Å². The van der Waals surface area contributed by atoms with E-state index in [4.69, 9.17) is 19.7 Å². The third-order valence-electron chi connectivity index (χ3n) is 13.5. The number of hydrogen-bond donors (Lipinski definition) is 0. The van der Waals surface area contributed by atoms with E-state index in [0.29, 0.717) is 0 Å². The van der Waals surface area contributed by atoms with Crippen LogP contribution in [0.2, 0.25) is 0 Å². The minimum absolute atomic E-state index is 0.0123. The minimum Gasteiger partial charge on any atom is -0.457 e. The van der Waals surface area contributed by atoms with Gasteiger partial charge in [0.25, 0.3) is 0 Å². The molecular formula is C48H37N3O. The zero-order valence-corrected chi connectivity index (χ0v) is 28.9. The predicted octanol–water partition coefficient (Wildman–Crippen LogP) is 11.3. The van der Waals surface area contributed by atoms with Crippen LogP contribution in [0.4, 0.5) is 0 Å². The highest BCUT2D eigenvalue weighted by atomic mass is 16.5. The molecule has 4 aliphatic carbocycles. The molecule has 250 valence electrons. The van der Waals surface area contributed by atoms with Gasteiger partial charge < -0.3 is 4.74 Å². The lowest BCUT2D eigenvalue weighted by Gasteiger charge is -2.44. The maximum atomic E-state index is 6.76. The first-order chi connectivity index (χ1) is 25.7. The lowest BCUT2D eigenvalue weighted by molar-refractivity contribution is 0.131. The summed E-state index contributed by atoms with van der Waals surface area (Å²) in [7, 11) is 0. The number of aromatic nitrogens is 3. The van der Waals surface area contributed by atoms with Crippen LogP contribution >= 0.6 is 0 Å². The van der Waals surface area contributed by atoms with E-state index in [0.717, 1.165) is 69.0 Å². The first kappa shape index (κ1) is 29.0. The van der Waals surface area contributed by atoms with E-state index in [1.165, 1.54) is 71.6 Å². The standard InChI is InChI=1S/C48H37N3O/c1-2-12-34-30(10-1)11-9-15-37(34)45-49-44(50-46(51-45)47-23-22-31-24-29(27-47)25-33(31)28-47)32-20-21-43-41(26-32)48(40-18-7-8-19-42(40)52-43)38-16-5-3-13-35(38)36-14-4-6-17-39(36)48/h1-21,26,29,31,33H,22-25,27-28H2/t29-,31?,33?,47?/m1/s1. The zero-order chi connectivity index (χ0) is 34.0. The average molecular weight is 672 g/mol. The van der Waals surface area contributed by atoms with Gasteiger partial charge in [0, 0.05) is 27.7 Å². The molecule has 0 amide bonds. The van der Waals surface area contributed by atoms with Crippen molar-refractivity contribution in [1.29, 1.82) is 0 Å². The highest BCUT2D eigenvalue weighted by Crippen LogP contribution is 2.63. The second kappa shape index (κ2) is 10.5. The van der Waals surface area contributed by atoms with Gasteiger partial charge in [-0.15, -0.1) is 0 Å². The van der Waals surface area contributed by atoms with Crippen molar-refractivity contribution in [3.05, 3.63) is 162 Å². The van der Waals surface area contributed by atoms with Crippen molar-refractivity contribution in [2.24, 2.45) is 17.8 Å². The zero-order valence-electron chi connectivity index (χ0n) is 28.9. The molecule has 4 heteroatoms. The van der Waals surface area contributed by atoms with Crippen molar-refractivity contribution in [3.63, 3.8) is 0 Å². The number of fused-ring (bicyclic) bond motifs is 12. The Kier molecular flexibility index (Phi) is 5.85. The molecule has 52 heavy (non-hydrogen) atoms. The second-order valence-electron chi connectivity index (χ2n) is 16.1. The highest BCUT2D eigenvalue weighted by Gasteiger charge is 2.54. The number of hydrogen-bond acceptors (Lipinski definition) is 4. The summed E-state index contributed by atoms with van der Waals surface area (Å²) in [6, 6.07) is 48.1. The molecule has 3 saturated carbocycles. The molecule has 12 rings (SSSR count). The molecule has 0 saturated heterocycles. The summed E-state index contributed by atoms with van der Waals surface area (Å²) in [5.74, 6) is 6.77. The molecule has 3 fully saturated rings. The fourth-order valence-corrected chi connectivity index (χ4v) is 11.5. The third-order valence-corrected chi connectivity index (χ3v) is 13.5. The highest BCUT2D eigenvalue weighted by molar-refractivity contribution is 5.95. The molecule has 6 aromatic carbocycles. The van der Waals surface area contributed by atoms with Gasteiger partial charge in [0.15, 0.2) is 11.6 Å². The largest absolute Gasteiger partial charge is 0.457 e. The van der Waals surface area contributed by atoms with E-state index in [2.05, 4.69) is 133 Å². The SMILES string of the molecule is c1ccc2c(c1)Oc1ccc(-c3nc(-c4cccc5ccccc45)nc(C45CCC6C[C@H](CC6C4)C5)n3)cc1C21c2ccccc2-c2ccccc21. The summed E-state index contributed by atoms with van der Waals surface area (Å²) in [6.45, 7) is 0. The van der Waals surface area contributed by atoms with E-state index in [-0.39, 0.29) is 5.41 Å². The van der Waals surface area contributed by atoms with Crippen LogP contribution in [0, 0.1) is 17.8 Å². The molecule has 1 aliphatic heterocycles. The topological polar surface area (TPSA) is 47.9 Å². The number of benzene rings is 6. The van der Waals surface area contributed by atoms with Crippen LogP contribution in [-0.4, -0.2) is 15.0 Å². The Bertz CT molecular complexity index is 2570. The summed E-state index contributed by atoms with van der Waals surface area (Å²) in [4.78, 5) is 16.4. The molecule has 0 N–H and O–H groups in total. The van der Waals surface area contributed by atoms with Crippen molar-refractivity contribution in [2.45, 2.75) is 49.4 Å². The Balaban J connectivity index is 1.11. The predicted molar refractivity (Wildman–Crippen MR) is 205 cm³/mol. The molecule has 3 bridgehead atoms. The van der Waals surface area contributed by atoms with Crippen molar-refractivity contribution in [3.8, 4) is 45.4 Å². The minimum atomic E-state index is -0.540. The molecule has 1 spiro atoms. The first-order valence-electron chi connectivity index (χ1n) is 19.0. The molecule has 7 aromatic rings. The van der Waals surface area contributed by atoms with Gasteiger partial charge in [0.05, 0.1) is 5.41 Å². The molecular weight excluding hydrogens is 635 g/mol. The van der Waals surface area contributed by atoms with Gasteiger partial charge >= 0.3 is 0 Å². The van der Waals surface area contributed by atoms with Gasteiger partial charge in [-0.1, -0.05) is 109 Å². The Morgan fingerprint density at radius 1 is 0.538 bits per heavy atom. The van der Waals surface area contributed by atoms with Gasteiger partial charge in [-0.3, -0.25) is 0 Å². The Labute approximate surface area is 303 Å². The van der Waals surface area contributed by atoms with E-state index < -0.39 is 5.41 Å². The maximum Gasteiger partial charge on any atom is 0.164 e. The quantitative estimate of drug-likeness (QED) is 0.188. The van der Waals surface area contributed by atoms with Crippen LogP contribution in [0.25, 0.3) is 44.7 Å². The van der Waals surface area contributed by atoms with E-state index in [9.17, 15) is 0 Å². The average Bonchev–Trinajstić information content (AvgIpc) is 3.61. The molecule has 2 heterocycles. The summed E-state index contributed by atoms with van der Waals surface area (Å²) < 4.78 is 6.76. The normalized spacial score (nSPS) is 23.9. The third kappa shape index (κ3) is 3.85. The second-order valence-corrected chi connectivity index (χ2v) is 16.1. The molecule has 5 aliphatic rings. The van der Waals surface area contributed by atoms with Crippen molar-refractivity contribution < 1.29 is 4.74 Å². The van der Waals surface area contributed by atoms with Crippen molar-refractivity contribution in [1.82, 2.24) is 15.0 Å². The lowest BCUT2D eigenvalue weighted by Crippen LogP contribution is -2.39. The van der Waals surface area contributed by atoms with Crippen LogP contribution in [0.15, 0.2) is 133 Å². The fraction of sp³-hybridized carbons (Fsp3) is 0.229. The van der Waals surface area contributed by atoms with Gasteiger partial charge in [0.2, 0.25) is 0 Å². The summed E-state index contributed by atoms with van der Waals surface area (Å²) in [5.41, 5.74) is 8.94. The van der Waals surface area contributed by atoms with Gasteiger partial charge in [-0.05, 0) is 114 Å². The van der Waals surface area contributed by atoms with Crippen molar-refractivity contribution in [2.75, 3.05) is 0 Å². The monoisotopic (exact) mass is 671 g/mol. The van der Waals surface area contributed by atoms with Crippen LogP contribution < -0.4 is 4.74 Å². The van der Waals surface area contributed by atoms with E-state index in [1.54, 1.807) is 0 Å².